The van der Waals surface area contributed by atoms with Crippen LogP contribution >= 0.6 is 12.4 Å². The van der Waals surface area contributed by atoms with Crippen LogP contribution in [0, 0.1) is 0 Å². The van der Waals surface area contributed by atoms with E-state index in [0.717, 1.165) is 6.26 Å². The van der Waals surface area contributed by atoms with E-state index in [2.05, 4.69) is 9.98 Å². The van der Waals surface area contributed by atoms with Gasteiger partial charge in [0.25, 0.3) is 0 Å². The molecule has 0 amide bonds. The molecule has 7 nitrogen and oxygen atoms in total. The monoisotopic (exact) mass is 331 g/mol. The first-order chi connectivity index (χ1) is 9.11. The number of aliphatic imine (C=N–C) groups is 2. The lowest BCUT2D eigenvalue weighted by atomic mass is 10.1. The van der Waals surface area contributed by atoms with E-state index in [1.807, 2.05) is 13.8 Å². The van der Waals surface area contributed by atoms with E-state index in [-0.39, 0.29) is 29.2 Å². The predicted molar refractivity (Wildman–Crippen MR) is 86.6 cm³/mol. The third-order valence-corrected chi connectivity index (χ3v) is 4.05. The number of halogens is 1. The maximum atomic E-state index is 11.5. The van der Waals surface area contributed by atoms with Crippen molar-refractivity contribution in [1.82, 2.24) is 0 Å². The highest BCUT2D eigenvalue weighted by Crippen LogP contribution is 2.28. The minimum absolute atomic E-state index is 0. The van der Waals surface area contributed by atoms with Gasteiger partial charge >= 0.3 is 0 Å². The number of benzene rings is 1. The van der Waals surface area contributed by atoms with Gasteiger partial charge in [-0.25, -0.2) is 13.4 Å². The molecule has 1 heterocycles. The van der Waals surface area contributed by atoms with Crippen LogP contribution in [0.3, 0.4) is 0 Å². The molecule has 0 aromatic heterocycles. The second-order valence-corrected chi connectivity index (χ2v) is 7.05. The van der Waals surface area contributed by atoms with Gasteiger partial charge in [0.05, 0.1) is 4.90 Å². The van der Waals surface area contributed by atoms with Crippen LogP contribution < -0.4 is 16.4 Å². The van der Waals surface area contributed by atoms with E-state index in [1.165, 1.54) is 12.1 Å². The maximum absolute atomic E-state index is 11.5. The Balaban J connectivity index is 0.00000220. The van der Waals surface area contributed by atoms with Crippen LogP contribution in [0.15, 0.2) is 39.1 Å². The van der Waals surface area contributed by atoms with Crippen LogP contribution in [0.5, 0.6) is 0 Å². The Morgan fingerprint density at radius 3 is 2.10 bits per heavy atom. The molecule has 0 unspecified atom stereocenters. The summed E-state index contributed by atoms with van der Waals surface area (Å²) in [4.78, 5) is 10.1. The molecule has 0 radical (unpaired) electrons. The molecule has 0 bridgehead atoms. The highest BCUT2D eigenvalue weighted by molar-refractivity contribution is 7.90. The number of sulfone groups is 1. The Morgan fingerprint density at radius 2 is 1.67 bits per heavy atom. The largest absolute Gasteiger partial charge is 0.369 e. The van der Waals surface area contributed by atoms with Crippen LogP contribution in [-0.4, -0.2) is 32.3 Å². The molecular weight excluding hydrogens is 314 g/mol. The zero-order valence-corrected chi connectivity index (χ0v) is 13.6. The molecule has 9 heteroatoms. The fourth-order valence-electron chi connectivity index (χ4n) is 2.09. The first-order valence-electron chi connectivity index (χ1n) is 5.91. The van der Waals surface area contributed by atoms with Gasteiger partial charge in [-0.05, 0) is 38.1 Å². The minimum Gasteiger partial charge on any atom is -0.369 e. The lowest BCUT2D eigenvalue weighted by molar-refractivity contribution is 0.534. The van der Waals surface area contributed by atoms with Gasteiger partial charge in [0.15, 0.2) is 9.84 Å². The maximum Gasteiger partial charge on any atom is 0.220 e. The summed E-state index contributed by atoms with van der Waals surface area (Å²) < 4.78 is 22.9. The van der Waals surface area contributed by atoms with Crippen molar-refractivity contribution >= 4 is 39.9 Å². The van der Waals surface area contributed by atoms with E-state index in [9.17, 15) is 8.42 Å². The topological polar surface area (TPSA) is 114 Å². The number of rotatable bonds is 2. The van der Waals surface area contributed by atoms with Crippen LogP contribution in [0.2, 0.25) is 0 Å². The second-order valence-electron chi connectivity index (χ2n) is 5.04. The van der Waals surface area contributed by atoms with Crippen LogP contribution in [0.4, 0.5) is 5.69 Å². The van der Waals surface area contributed by atoms with Crippen LogP contribution in [0.25, 0.3) is 0 Å². The van der Waals surface area contributed by atoms with E-state index in [4.69, 9.17) is 11.5 Å². The van der Waals surface area contributed by atoms with Gasteiger partial charge < -0.3 is 11.5 Å². The highest BCUT2D eigenvalue weighted by Gasteiger charge is 2.32. The molecule has 21 heavy (non-hydrogen) atoms. The molecule has 0 saturated carbocycles. The standard InChI is InChI=1S/C12H17N5O2S.ClH/c1-12(2)16-10(13)15-11(14)17(12)8-4-6-9(7-5-8)20(3,18)19;/h4-7H,1-3H3,(H4,13,14,15,16);1H. The van der Waals surface area contributed by atoms with Crippen molar-refractivity contribution in [2.45, 2.75) is 24.4 Å². The van der Waals surface area contributed by atoms with Gasteiger partial charge in [-0.3, -0.25) is 4.90 Å². The first-order valence-corrected chi connectivity index (χ1v) is 7.80. The number of anilines is 1. The van der Waals surface area contributed by atoms with Crippen molar-refractivity contribution in [3.63, 3.8) is 0 Å². The average Bonchev–Trinajstić information content (AvgIpc) is 2.25. The van der Waals surface area contributed by atoms with Crippen LogP contribution in [-0.2, 0) is 9.84 Å². The van der Waals surface area contributed by atoms with Crippen molar-refractivity contribution in [3.05, 3.63) is 24.3 Å². The summed E-state index contributed by atoms with van der Waals surface area (Å²) in [5.74, 6) is 0.339. The fourth-order valence-corrected chi connectivity index (χ4v) is 2.72. The summed E-state index contributed by atoms with van der Waals surface area (Å²) >= 11 is 0. The van der Waals surface area contributed by atoms with Crippen molar-refractivity contribution < 1.29 is 8.42 Å². The van der Waals surface area contributed by atoms with Crippen molar-refractivity contribution in [3.8, 4) is 0 Å². The van der Waals surface area contributed by atoms with E-state index >= 15 is 0 Å². The molecule has 1 aliphatic heterocycles. The number of hydrogen-bond acceptors (Lipinski definition) is 7. The lowest BCUT2D eigenvalue weighted by Gasteiger charge is -2.38. The molecule has 4 N–H and O–H groups in total. The Hall–Kier alpha value is -1.80. The second kappa shape index (κ2) is 5.53. The predicted octanol–water partition coefficient (Wildman–Crippen LogP) is 0.697. The van der Waals surface area contributed by atoms with Crippen molar-refractivity contribution in [2.24, 2.45) is 21.5 Å². The Labute approximate surface area is 130 Å². The van der Waals surface area contributed by atoms with Crippen molar-refractivity contribution in [2.75, 3.05) is 11.2 Å². The van der Waals surface area contributed by atoms with E-state index in [0.29, 0.717) is 5.69 Å². The van der Waals surface area contributed by atoms with Gasteiger partial charge in [-0.15, -0.1) is 12.4 Å². The van der Waals surface area contributed by atoms with E-state index in [1.54, 1.807) is 17.0 Å². The third kappa shape index (κ3) is 3.45. The molecule has 0 fully saturated rings. The molecule has 0 spiro atoms. The summed E-state index contributed by atoms with van der Waals surface area (Å²) in [6, 6.07) is 6.38. The molecular formula is C12H18ClN5O2S. The Bertz CT molecular complexity index is 695. The summed E-state index contributed by atoms with van der Waals surface area (Å²) in [7, 11) is -3.23. The smallest absolute Gasteiger partial charge is 0.220 e. The molecule has 116 valence electrons. The first kappa shape index (κ1) is 17.3. The average molecular weight is 332 g/mol. The summed E-state index contributed by atoms with van der Waals surface area (Å²) in [6.07, 6.45) is 1.16. The molecule has 1 aromatic rings. The summed E-state index contributed by atoms with van der Waals surface area (Å²) in [5, 5.41) is 0. The molecule has 0 atom stereocenters. The minimum atomic E-state index is -3.23. The molecule has 2 rings (SSSR count). The fraction of sp³-hybridized carbons (Fsp3) is 0.333. The Morgan fingerprint density at radius 1 is 1.14 bits per heavy atom. The van der Waals surface area contributed by atoms with Gasteiger partial charge in [-0.2, -0.15) is 4.99 Å². The van der Waals surface area contributed by atoms with Crippen molar-refractivity contribution in [1.29, 1.82) is 0 Å². The van der Waals surface area contributed by atoms with E-state index < -0.39 is 15.5 Å². The normalized spacial score (nSPS) is 17.6. The third-order valence-electron chi connectivity index (χ3n) is 2.92. The van der Waals surface area contributed by atoms with Gasteiger partial charge in [0, 0.05) is 11.9 Å². The quantitative estimate of drug-likeness (QED) is 0.827. The van der Waals surface area contributed by atoms with Gasteiger partial charge in [0.2, 0.25) is 11.9 Å². The molecule has 1 aromatic carbocycles. The van der Waals surface area contributed by atoms with Crippen LogP contribution in [0.1, 0.15) is 13.8 Å². The Kier molecular flexibility index (Phi) is 4.54. The number of nitrogens with zero attached hydrogens (tertiary/aromatic N) is 3. The van der Waals surface area contributed by atoms with Gasteiger partial charge in [0.1, 0.15) is 5.66 Å². The number of hydrogen-bond donors (Lipinski definition) is 2. The van der Waals surface area contributed by atoms with Gasteiger partial charge in [-0.1, -0.05) is 0 Å². The molecule has 1 aliphatic rings. The zero-order valence-electron chi connectivity index (χ0n) is 11.9. The SMILES string of the molecule is CC1(C)N=C(N)N=C(N)N1c1ccc(S(C)(=O)=O)cc1.Cl. The lowest BCUT2D eigenvalue weighted by Crippen LogP contribution is -2.54. The molecule has 0 saturated heterocycles. The zero-order chi connectivity index (χ0) is 15.1. The number of nitrogens with two attached hydrogens (primary N) is 2. The summed E-state index contributed by atoms with van der Waals surface area (Å²) in [6.45, 7) is 3.68. The highest BCUT2D eigenvalue weighted by atomic mass is 35.5. The summed E-state index contributed by atoms with van der Waals surface area (Å²) in [5.41, 5.74) is 11.5. The molecule has 0 aliphatic carbocycles. The number of guanidine groups is 2.